The van der Waals surface area contributed by atoms with E-state index in [-0.39, 0.29) is 12.2 Å². The van der Waals surface area contributed by atoms with E-state index >= 15 is 0 Å². The summed E-state index contributed by atoms with van der Waals surface area (Å²) in [5.74, 6) is 0.955. The number of methoxy groups -OCH3 is 1. The average molecular weight is 354 g/mol. The van der Waals surface area contributed by atoms with E-state index in [1.54, 1.807) is 7.11 Å². The lowest BCUT2D eigenvalue weighted by Gasteiger charge is -2.41. The van der Waals surface area contributed by atoms with Gasteiger partial charge in [0.2, 0.25) is 0 Å². The van der Waals surface area contributed by atoms with Crippen LogP contribution in [0.15, 0.2) is 48.7 Å². The van der Waals surface area contributed by atoms with Crippen molar-refractivity contribution >= 4 is 0 Å². The zero-order chi connectivity index (χ0) is 17.8. The molecule has 0 spiro atoms. The van der Waals surface area contributed by atoms with Crippen LogP contribution in [0.25, 0.3) is 0 Å². The topological polar surface area (TPSA) is 43.8 Å². The van der Waals surface area contributed by atoms with Crippen LogP contribution >= 0.6 is 0 Å². The molecule has 0 bridgehead atoms. The Kier molecular flexibility index (Phi) is 5.48. The lowest BCUT2D eigenvalue weighted by Crippen LogP contribution is -2.52. The Bertz CT molecular complexity index is 709. The number of benzene rings is 1. The van der Waals surface area contributed by atoms with E-state index < -0.39 is 0 Å². The molecule has 2 fully saturated rings. The third kappa shape index (κ3) is 3.75. The number of para-hydroxylation sites is 1. The summed E-state index contributed by atoms with van der Waals surface area (Å²) in [7, 11) is 1.73. The van der Waals surface area contributed by atoms with Crippen molar-refractivity contribution in [1.29, 1.82) is 0 Å². The molecule has 1 aromatic heterocycles. The highest BCUT2D eigenvalue weighted by atomic mass is 16.5. The number of ether oxygens (including phenoxy) is 3. The number of fused-ring (bicyclic) bond motifs is 1. The van der Waals surface area contributed by atoms with E-state index in [2.05, 4.69) is 22.0 Å². The third-order valence-electron chi connectivity index (χ3n) is 5.38. The molecule has 0 unspecified atom stereocenters. The van der Waals surface area contributed by atoms with E-state index in [0.29, 0.717) is 12.6 Å². The Hall–Kier alpha value is -1.95. The molecule has 1 aromatic carbocycles. The summed E-state index contributed by atoms with van der Waals surface area (Å²) in [6.45, 7) is 3.25. The minimum Gasteiger partial charge on any atom is -0.496 e. The maximum atomic E-state index is 6.19. The predicted molar refractivity (Wildman–Crippen MR) is 99.0 cm³/mol. The summed E-state index contributed by atoms with van der Waals surface area (Å²) in [5.41, 5.74) is 2.20. The zero-order valence-corrected chi connectivity index (χ0v) is 15.2. The molecule has 2 aromatic rings. The fraction of sp³-hybridized carbons (Fsp3) is 0.476. The highest BCUT2D eigenvalue weighted by Crippen LogP contribution is 2.33. The van der Waals surface area contributed by atoms with Crippen molar-refractivity contribution in [3.8, 4) is 5.75 Å². The fourth-order valence-electron chi connectivity index (χ4n) is 4.07. The Labute approximate surface area is 154 Å². The summed E-state index contributed by atoms with van der Waals surface area (Å²) in [5, 5.41) is 0. The van der Waals surface area contributed by atoms with Crippen LogP contribution in [-0.4, -0.2) is 48.4 Å². The van der Waals surface area contributed by atoms with Crippen LogP contribution in [-0.2, 0) is 22.6 Å². The van der Waals surface area contributed by atoms with E-state index in [9.17, 15) is 0 Å². The highest BCUT2D eigenvalue weighted by molar-refractivity contribution is 5.33. The highest BCUT2D eigenvalue weighted by Gasteiger charge is 2.42. The number of piperidine rings is 1. The van der Waals surface area contributed by atoms with Gasteiger partial charge in [-0.1, -0.05) is 24.3 Å². The maximum Gasteiger partial charge on any atom is 0.123 e. The van der Waals surface area contributed by atoms with E-state index in [1.807, 2.05) is 36.5 Å². The van der Waals surface area contributed by atoms with Gasteiger partial charge < -0.3 is 14.2 Å². The van der Waals surface area contributed by atoms with Gasteiger partial charge in [0.1, 0.15) is 5.75 Å². The first-order valence-electron chi connectivity index (χ1n) is 9.34. The summed E-state index contributed by atoms with van der Waals surface area (Å²) in [6, 6.07) is 14.6. The SMILES string of the molecule is COc1ccccc1CN1CC[C@@H](OCc2ccccn2)[C@@H]2OCC[C@H]21. The zero-order valence-electron chi connectivity index (χ0n) is 15.2. The number of likely N-dealkylation sites (tertiary alicyclic amines) is 1. The van der Waals surface area contributed by atoms with Gasteiger partial charge in [0.15, 0.2) is 0 Å². The van der Waals surface area contributed by atoms with Crippen molar-refractivity contribution in [2.45, 2.75) is 44.2 Å². The van der Waals surface area contributed by atoms with E-state index in [0.717, 1.165) is 44.0 Å². The quantitative estimate of drug-likeness (QED) is 0.798. The Morgan fingerprint density at radius 3 is 2.88 bits per heavy atom. The molecule has 0 amide bonds. The van der Waals surface area contributed by atoms with Gasteiger partial charge in [0.25, 0.3) is 0 Å². The summed E-state index contributed by atoms with van der Waals surface area (Å²) in [6.07, 6.45) is 4.12. The van der Waals surface area contributed by atoms with Crippen LogP contribution < -0.4 is 4.74 Å². The molecule has 2 saturated heterocycles. The molecular formula is C21H26N2O3. The molecule has 138 valence electrons. The Balaban J connectivity index is 1.41. The molecule has 5 heteroatoms. The summed E-state index contributed by atoms with van der Waals surface area (Å²) < 4.78 is 17.8. The van der Waals surface area contributed by atoms with Crippen molar-refractivity contribution in [2.24, 2.45) is 0 Å². The van der Waals surface area contributed by atoms with Gasteiger partial charge in [-0.3, -0.25) is 9.88 Å². The second-order valence-electron chi connectivity index (χ2n) is 6.93. The second kappa shape index (κ2) is 8.16. The first kappa shape index (κ1) is 17.5. The molecule has 26 heavy (non-hydrogen) atoms. The fourth-order valence-corrected chi connectivity index (χ4v) is 4.07. The molecule has 2 aliphatic rings. The van der Waals surface area contributed by atoms with Gasteiger partial charge in [-0.25, -0.2) is 0 Å². The second-order valence-corrected chi connectivity index (χ2v) is 6.93. The lowest BCUT2D eigenvalue weighted by molar-refractivity contribution is -0.106. The normalized spacial score (nSPS) is 25.8. The molecule has 0 radical (unpaired) electrons. The molecule has 0 aliphatic carbocycles. The first-order chi connectivity index (χ1) is 12.8. The van der Waals surface area contributed by atoms with Crippen molar-refractivity contribution in [3.05, 3.63) is 59.9 Å². The largest absolute Gasteiger partial charge is 0.496 e. The molecule has 0 saturated carbocycles. The molecule has 3 atom stereocenters. The minimum absolute atomic E-state index is 0.137. The van der Waals surface area contributed by atoms with Gasteiger partial charge in [-0.05, 0) is 31.0 Å². The van der Waals surface area contributed by atoms with Crippen LogP contribution in [0.1, 0.15) is 24.1 Å². The smallest absolute Gasteiger partial charge is 0.123 e. The van der Waals surface area contributed by atoms with Gasteiger partial charge in [-0.15, -0.1) is 0 Å². The van der Waals surface area contributed by atoms with E-state index in [4.69, 9.17) is 14.2 Å². The van der Waals surface area contributed by atoms with Crippen LogP contribution in [0.4, 0.5) is 0 Å². The summed E-state index contributed by atoms with van der Waals surface area (Å²) >= 11 is 0. The minimum atomic E-state index is 0.137. The Morgan fingerprint density at radius 2 is 2.04 bits per heavy atom. The van der Waals surface area contributed by atoms with E-state index in [1.165, 1.54) is 5.56 Å². The molecular weight excluding hydrogens is 328 g/mol. The van der Waals surface area contributed by atoms with Crippen LogP contribution in [0.3, 0.4) is 0 Å². The van der Waals surface area contributed by atoms with Crippen molar-refractivity contribution in [3.63, 3.8) is 0 Å². The molecule has 4 rings (SSSR count). The standard InChI is InChI=1S/C21H26N2O3/c1-24-19-8-3-2-6-16(19)14-23-12-9-20(21-18(23)10-13-25-21)26-15-17-7-4-5-11-22-17/h2-8,11,18,20-21H,9-10,12-15H2,1H3/t18-,20-,21-/m1/s1. The first-order valence-corrected chi connectivity index (χ1v) is 9.34. The van der Waals surface area contributed by atoms with Gasteiger partial charge in [-0.2, -0.15) is 0 Å². The Morgan fingerprint density at radius 1 is 1.15 bits per heavy atom. The van der Waals surface area contributed by atoms with Crippen LogP contribution in [0.5, 0.6) is 5.75 Å². The van der Waals surface area contributed by atoms with Crippen LogP contribution in [0.2, 0.25) is 0 Å². The lowest BCUT2D eigenvalue weighted by atomic mass is 9.95. The predicted octanol–water partition coefficient (Wildman–Crippen LogP) is 3.04. The molecule has 3 heterocycles. The van der Waals surface area contributed by atoms with Crippen molar-refractivity contribution < 1.29 is 14.2 Å². The van der Waals surface area contributed by atoms with Crippen LogP contribution in [0, 0.1) is 0 Å². The van der Waals surface area contributed by atoms with Gasteiger partial charge >= 0.3 is 0 Å². The number of nitrogens with zero attached hydrogens (tertiary/aromatic N) is 2. The number of pyridine rings is 1. The van der Waals surface area contributed by atoms with Gasteiger partial charge in [0, 0.05) is 37.5 Å². The summed E-state index contributed by atoms with van der Waals surface area (Å²) in [4.78, 5) is 6.87. The molecule has 2 aliphatic heterocycles. The van der Waals surface area contributed by atoms with Crippen molar-refractivity contribution in [1.82, 2.24) is 9.88 Å². The number of hydrogen-bond donors (Lipinski definition) is 0. The number of hydrogen-bond acceptors (Lipinski definition) is 5. The average Bonchev–Trinajstić information content (AvgIpc) is 3.19. The van der Waals surface area contributed by atoms with Crippen molar-refractivity contribution in [2.75, 3.05) is 20.3 Å². The number of aromatic nitrogens is 1. The van der Waals surface area contributed by atoms with Gasteiger partial charge in [0.05, 0.1) is 31.6 Å². The maximum absolute atomic E-state index is 6.19. The monoisotopic (exact) mass is 354 g/mol. The third-order valence-corrected chi connectivity index (χ3v) is 5.38. The molecule has 0 N–H and O–H groups in total. The number of rotatable bonds is 6. The molecule has 5 nitrogen and oxygen atoms in total.